The molecular formula is C14H12ClF2O2P. The topological polar surface area (TPSA) is 26.3 Å². The minimum absolute atomic E-state index is 0.0255. The Kier molecular flexibility index (Phi) is 4.28. The summed E-state index contributed by atoms with van der Waals surface area (Å²) >= 11 is 5.68. The minimum atomic E-state index is -4.37. The molecule has 0 aliphatic rings. The normalized spacial score (nSPS) is 14.8. The number of alkyl halides is 2. The number of hydrogen-bond acceptors (Lipinski definition) is 2. The van der Waals surface area contributed by atoms with Crippen LogP contribution in [0, 0.1) is 0 Å². The van der Waals surface area contributed by atoms with Crippen molar-refractivity contribution in [2.75, 3.05) is 7.11 Å². The van der Waals surface area contributed by atoms with E-state index in [2.05, 4.69) is 0 Å². The second kappa shape index (κ2) is 5.65. The molecule has 0 aliphatic heterocycles. The molecule has 6 heteroatoms. The molecule has 1 atom stereocenters. The molecule has 2 aromatic rings. The summed E-state index contributed by atoms with van der Waals surface area (Å²) in [7, 11) is -3.34. The van der Waals surface area contributed by atoms with Gasteiger partial charge in [0, 0.05) is 23.0 Å². The van der Waals surface area contributed by atoms with Gasteiger partial charge >= 0.3 is 13.0 Å². The van der Waals surface area contributed by atoms with Gasteiger partial charge in [0.05, 0.1) is 0 Å². The number of halogens is 3. The average Bonchev–Trinajstić information content (AvgIpc) is 2.47. The Labute approximate surface area is 120 Å². The lowest BCUT2D eigenvalue weighted by molar-refractivity contribution is 0.0733. The first-order valence-electron chi connectivity index (χ1n) is 5.77. The average molecular weight is 317 g/mol. The van der Waals surface area contributed by atoms with E-state index in [0.717, 1.165) is 19.2 Å². The van der Waals surface area contributed by atoms with Crippen LogP contribution < -0.4 is 5.30 Å². The fraction of sp³-hybridized carbons (Fsp3) is 0.143. The first kappa shape index (κ1) is 15.2. The van der Waals surface area contributed by atoms with Gasteiger partial charge in [0.25, 0.3) is 0 Å². The van der Waals surface area contributed by atoms with E-state index in [-0.39, 0.29) is 5.30 Å². The van der Waals surface area contributed by atoms with Gasteiger partial charge in [-0.1, -0.05) is 41.9 Å². The highest BCUT2D eigenvalue weighted by Crippen LogP contribution is 2.64. The van der Waals surface area contributed by atoms with Crippen LogP contribution in [0.15, 0.2) is 54.6 Å². The van der Waals surface area contributed by atoms with Crippen molar-refractivity contribution in [1.29, 1.82) is 0 Å². The maximum Gasteiger partial charge on any atom is 0.350 e. The molecule has 0 radical (unpaired) electrons. The van der Waals surface area contributed by atoms with E-state index >= 15 is 0 Å². The Morgan fingerprint density at radius 2 is 1.60 bits per heavy atom. The Balaban J connectivity index is 2.55. The smallest absolute Gasteiger partial charge is 0.324 e. The lowest BCUT2D eigenvalue weighted by Gasteiger charge is -2.26. The van der Waals surface area contributed by atoms with E-state index in [1.807, 2.05) is 0 Å². The molecule has 0 spiro atoms. The maximum absolute atomic E-state index is 14.6. The first-order valence-corrected chi connectivity index (χ1v) is 7.77. The molecule has 0 amide bonds. The molecule has 20 heavy (non-hydrogen) atoms. The third-order valence-corrected chi connectivity index (χ3v) is 5.66. The number of benzene rings is 2. The van der Waals surface area contributed by atoms with E-state index in [0.29, 0.717) is 5.02 Å². The predicted octanol–water partition coefficient (Wildman–Crippen LogP) is 4.64. The molecule has 0 aromatic heterocycles. The molecule has 0 N–H and O–H groups in total. The molecule has 0 bridgehead atoms. The third-order valence-electron chi connectivity index (χ3n) is 2.91. The van der Waals surface area contributed by atoms with Gasteiger partial charge in [0.15, 0.2) is 0 Å². The Hall–Kier alpha value is -1.22. The quantitative estimate of drug-likeness (QED) is 0.768. The molecule has 0 saturated carbocycles. The summed E-state index contributed by atoms with van der Waals surface area (Å²) < 4.78 is 46.6. The summed E-state index contributed by atoms with van der Waals surface area (Å²) in [6.45, 7) is 0. The van der Waals surface area contributed by atoms with E-state index in [1.165, 1.54) is 24.3 Å². The fourth-order valence-corrected chi connectivity index (χ4v) is 3.77. The molecule has 2 aromatic carbocycles. The van der Waals surface area contributed by atoms with Crippen molar-refractivity contribution in [3.8, 4) is 0 Å². The van der Waals surface area contributed by atoms with Gasteiger partial charge in [-0.05, 0) is 24.3 Å². The number of rotatable bonds is 4. The lowest BCUT2D eigenvalue weighted by atomic mass is 10.2. The zero-order valence-electron chi connectivity index (χ0n) is 10.6. The van der Waals surface area contributed by atoms with Gasteiger partial charge < -0.3 is 4.52 Å². The molecule has 0 saturated heterocycles. The molecule has 1 unspecified atom stereocenters. The minimum Gasteiger partial charge on any atom is -0.324 e. The van der Waals surface area contributed by atoms with E-state index in [9.17, 15) is 13.3 Å². The predicted molar refractivity (Wildman–Crippen MR) is 76.0 cm³/mol. The van der Waals surface area contributed by atoms with Crippen LogP contribution in [0.25, 0.3) is 0 Å². The van der Waals surface area contributed by atoms with Crippen LogP contribution in [0.3, 0.4) is 0 Å². The fourth-order valence-electron chi connectivity index (χ4n) is 1.83. The number of hydrogen-bond donors (Lipinski definition) is 0. The summed E-state index contributed by atoms with van der Waals surface area (Å²) in [6.07, 6.45) is 0. The Morgan fingerprint density at radius 1 is 1.05 bits per heavy atom. The lowest BCUT2D eigenvalue weighted by Crippen LogP contribution is -2.23. The largest absolute Gasteiger partial charge is 0.350 e. The van der Waals surface area contributed by atoms with Crippen LogP contribution in [0.1, 0.15) is 5.56 Å². The van der Waals surface area contributed by atoms with Gasteiger partial charge in [0.1, 0.15) is 0 Å². The van der Waals surface area contributed by atoms with Gasteiger partial charge in [-0.3, -0.25) is 4.57 Å². The van der Waals surface area contributed by atoms with Crippen molar-refractivity contribution in [3.63, 3.8) is 0 Å². The summed E-state index contributed by atoms with van der Waals surface area (Å²) in [5.74, 6) is 0. The highest BCUT2D eigenvalue weighted by Gasteiger charge is 2.53. The van der Waals surface area contributed by atoms with Crippen molar-refractivity contribution in [3.05, 3.63) is 65.2 Å². The van der Waals surface area contributed by atoms with Crippen molar-refractivity contribution in [1.82, 2.24) is 0 Å². The summed E-state index contributed by atoms with van der Waals surface area (Å²) in [4.78, 5) is 0. The van der Waals surface area contributed by atoms with Crippen LogP contribution in [-0.2, 0) is 14.8 Å². The standard InChI is InChI=1S/C14H12ClF2O2P/c1-19-20(18,13-5-3-2-4-6-13)14(16,17)11-7-9-12(15)10-8-11/h2-10H,1H3. The molecule has 2 nitrogen and oxygen atoms in total. The Morgan fingerprint density at radius 3 is 2.10 bits per heavy atom. The van der Waals surface area contributed by atoms with Crippen LogP contribution >= 0.6 is 19.0 Å². The monoisotopic (exact) mass is 316 g/mol. The van der Waals surface area contributed by atoms with E-state index in [1.54, 1.807) is 18.2 Å². The third kappa shape index (κ3) is 2.51. The first-order chi connectivity index (χ1) is 9.41. The second-order valence-electron chi connectivity index (χ2n) is 4.12. The summed E-state index contributed by atoms with van der Waals surface area (Å²) in [6, 6.07) is 12.4. The van der Waals surface area contributed by atoms with Crippen molar-refractivity contribution < 1.29 is 17.9 Å². The van der Waals surface area contributed by atoms with Crippen molar-refractivity contribution in [2.24, 2.45) is 0 Å². The second-order valence-corrected chi connectivity index (χ2v) is 7.10. The SMILES string of the molecule is COP(=O)(c1ccccc1)C(F)(F)c1ccc(Cl)cc1. The molecule has 106 valence electrons. The van der Waals surface area contributed by atoms with Crippen LogP contribution in [0.5, 0.6) is 0 Å². The zero-order chi connectivity index (χ0) is 14.8. The van der Waals surface area contributed by atoms with Gasteiger partial charge in [-0.25, -0.2) is 0 Å². The van der Waals surface area contributed by atoms with Crippen molar-refractivity contribution in [2.45, 2.75) is 5.66 Å². The van der Waals surface area contributed by atoms with Gasteiger partial charge in [0.2, 0.25) is 0 Å². The molecule has 0 aliphatic carbocycles. The van der Waals surface area contributed by atoms with Crippen LogP contribution in [0.2, 0.25) is 5.02 Å². The summed E-state index contributed by atoms with van der Waals surface area (Å²) in [5, 5.41) is 0.305. The van der Waals surface area contributed by atoms with Crippen LogP contribution in [0.4, 0.5) is 8.78 Å². The summed E-state index contributed by atoms with van der Waals surface area (Å²) in [5.41, 5.74) is -4.02. The van der Waals surface area contributed by atoms with E-state index in [4.69, 9.17) is 16.1 Å². The van der Waals surface area contributed by atoms with Gasteiger partial charge in [-0.2, -0.15) is 8.78 Å². The van der Waals surface area contributed by atoms with Crippen molar-refractivity contribution >= 4 is 24.3 Å². The molecular weight excluding hydrogens is 305 g/mol. The van der Waals surface area contributed by atoms with Crippen LogP contribution in [-0.4, -0.2) is 7.11 Å². The highest BCUT2D eigenvalue weighted by atomic mass is 35.5. The highest BCUT2D eigenvalue weighted by molar-refractivity contribution is 7.67. The van der Waals surface area contributed by atoms with Gasteiger partial charge in [-0.15, -0.1) is 0 Å². The zero-order valence-corrected chi connectivity index (χ0v) is 12.2. The molecule has 2 rings (SSSR count). The maximum atomic E-state index is 14.6. The molecule has 0 fully saturated rings. The Bertz CT molecular complexity index is 629. The molecule has 0 heterocycles. The van der Waals surface area contributed by atoms with E-state index < -0.39 is 18.6 Å².